The fraction of sp³-hybridized carbons (Fsp3) is 0.263. The smallest absolute Gasteiger partial charge is 0.237 e. The Morgan fingerprint density at radius 3 is 2.85 bits per heavy atom. The summed E-state index contributed by atoms with van der Waals surface area (Å²) in [5.41, 5.74) is 3.73. The van der Waals surface area contributed by atoms with Crippen molar-refractivity contribution >= 4 is 34.4 Å². The van der Waals surface area contributed by atoms with E-state index in [-0.39, 0.29) is 11.2 Å². The van der Waals surface area contributed by atoms with Crippen molar-refractivity contribution in [2.45, 2.75) is 24.3 Å². The van der Waals surface area contributed by atoms with Crippen molar-refractivity contribution in [2.75, 3.05) is 18.5 Å². The molecule has 0 aliphatic carbocycles. The lowest BCUT2D eigenvalue weighted by molar-refractivity contribution is -0.115. The van der Waals surface area contributed by atoms with Gasteiger partial charge in [-0.2, -0.15) is 0 Å². The Kier molecular flexibility index (Phi) is 4.46. The number of aromatic amines is 1. The first-order valence-electron chi connectivity index (χ1n) is 8.42. The predicted octanol–water partition coefficient (Wildman–Crippen LogP) is 3.76. The van der Waals surface area contributed by atoms with E-state index in [0.717, 1.165) is 16.2 Å². The number of aromatic nitrogens is 2. The summed E-state index contributed by atoms with van der Waals surface area (Å²) in [6.45, 7) is 4.96. The van der Waals surface area contributed by atoms with Gasteiger partial charge in [-0.25, -0.2) is 4.98 Å². The molecular weight excluding hydrogens is 350 g/mol. The molecule has 0 bridgehead atoms. The molecule has 0 radical (unpaired) electrons. The number of fused-ring (bicyclic) bond motifs is 2. The van der Waals surface area contributed by atoms with E-state index in [1.165, 1.54) is 17.3 Å². The third kappa shape index (κ3) is 3.48. The quantitative estimate of drug-likeness (QED) is 0.685. The lowest BCUT2D eigenvalue weighted by Crippen LogP contribution is -2.23. The minimum atomic E-state index is -0.301. The number of H-pyrrole nitrogens is 1. The van der Waals surface area contributed by atoms with Crippen molar-refractivity contribution in [3.63, 3.8) is 0 Å². The van der Waals surface area contributed by atoms with Gasteiger partial charge in [-0.15, -0.1) is 0 Å². The number of benzene rings is 2. The van der Waals surface area contributed by atoms with Crippen LogP contribution in [0.2, 0.25) is 0 Å². The Morgan fingerprint density at radius 2 is 2.00 bits per heavy atom. The summed E-state index contributed by atoms with van der Waals surface area (Å²) < 4.78 is 11.0. The highest BCUT2D eigenvalue weighted by atomic mass is 32.2. The van der Waals surface area contributed by atoms with Gasteiger partial charge in [-0.3, -0.25) is 4.79 Å². The molecule has 3 aromatic rings. The average Bonchev–Trinajstić information content (AvgIpc) is 3.02. The highest BCUT2D eigenvalue weighted by molar-refractivity contribution is 8.00. The van der Waals surface area contributed by atoms with Crippen LogP contribution in [0, 0.1) is 6.92 Å². The summed E-state index contributed by atoms with van der Waals surface area (Å²) in [4.78, 5) is 20.3. The monoisotopic (exact) mass is 369 g/mol. The third-order valence-corrected chi connectivity index (χ3v) is 5.07. The Hall–Kier alpha value is -2.67. The molecule has 0 spiro atoms. The summed E-state index contributed by atoms with van der Waals surface area (Å²) in [5, 5.41) is 3.35. The van der Waals surface area contributed by atoms with Gasteiger partial charge in [0, 0.05) is 11.8 Å². The van der Waals surface area contributed by atoms with E-state index in [2.05, 4.69) is 15.3 Å². The minimum absolute atomic E-state index is 0.0942. The number of rotatable bonds is 4. The molecule has 6 nitrogen and oxygen atoms in total. The van der Waals surface area contributed by atoms with Crippen LogP contribution >= 0.6 is 11.8 Å². The van der Waals surface area contributed by atoms with Crippen LogP contribution in [0.5, 0.6) is 11.5 Å². The standard InChI is InChI=1S/C19H19N3O3S/c1-11-3-5-14-15(9-11)22-19(21-14)26-12(2)18(23)20-13-4-6-16-17(10-13)25-8-7-24-16/h3-6,9-10,12H,7-8H2,1-2H3,(H,20,23)(H,21,22)/t12-/m1/s1. The molecule has 1 amide bonds. The fourth-order valence-electron chi connectivity index (χ4n) is 2.74. The number of carbonyl (C=O) groups excluding carboxylic acids is 1. The molecule has 0 unspecified atom stereocenters. The molecule has 1 aliphatic rings. The topological polar surface area (TPSA) is 76.2 Å². The molecule has 134 valence electrons. The van der Waals surface area contributed by atoms with Crippen molar-refractivity contribution in [1.82, 2.24) is 9.97 Å². The summed E-state index contributed by atoms with van der Waals surface area (Å²) in [6, 6.07) is 11.5. The molecule has 4 rings (SSSR count). The number of hydrogen-bond acceptors (Lipinski definition) is 5. The number of anilines is 1. The van der Waals surface area contributed by atoms with Gasteiger partial charge in [0.05, 0.1) is 16.3 Å². The van der Waals surface area contributed by atoms with Crippen LogP contribution < -0.4 is 14.8 Å². The zero-order valence-corrected chi connectivity index (χ0v) is 15.4. The van der Waals surface area contributed by atoms with Crippen molar-refractivity contribution in [3.8, 4) is 11.5 Å². The first-order chi connectivity index (χ1) is 12.6. The number of carbonyl (C=O) groups is 1. The largest absolute Gasteiger partial charge is 0.486 e. The van der Waals surface area contributed by atoms with Gasteiger partial charge < -0.3 is 19.8 Å². The van der Waals surface area contributed by atoms with Crippen LogP contribution in [0.15, 0.2) is 41.6 Å². The van der Waals surface area contributed by atoms with Crippen LogP contribution in [0.4, 0.5) is 5.69 Å². The third-order valence-electron chi connectivity index (χ3n) is 4.08. The SMILES string of the molecule is Cc1ccc2nc(S[C@H](C)C(=O)Nc3ccc4c(c3)OCCO4)[nH]c2c1. The number of nitrogens with zero attached hydrogens (tertiary/aromatic N) is 1. The van der Waals surface area contributed by atoms with E-state index >= 15 is 0 Å². The maximum atomic E-state index is 12.5. The second-order valence-corrected chi connectivity index (χ2v) is 7.50. The number of ether oxygens (including phenoxy) is 2. The lowest BCUT2D eigenvalue weighted by Gasteiger charge is -2.19. The van der Waals surface area contributed by atoms with Crippen molar-refractivity contribution in [2.24, 2.45) is 0 Å². The highest BCUT2D eigenvalue weighted by Crippen LogP contribution is 2.33. The van der Waals surface area contributed by atoms with Gasteiger partial charge in [-0.05, 0) is 43.7 Å². The zero-order chi connectivity index (χ0) is 18.1. The Balaban J connectivity index is 1.43. The molecule has 2 aromatic carbocycles. The van der Waals surface area contributed by atoms with Crippen LogP contribution in [0.1, 0.15) is 12.5 Å². The lowest BCUT2D eigenvalue weighted by atomic mass is 10.2. The van der Waals surface area contributed by atoms with Gasteiger partial charge in [0.15, 0.2) is 16.7 Å². The molecule has 2 heterocycles. The molecule has 0 saturated heterocycles. The van der Waals surface area contributed by atoms with E-state index in [1.807, 2.05) is 44.2 Å². The molecule has 0 fully saturated rings. The highest BCUT2D eigenvalue weighted by Gasteiger charge is 2.18. The van der Waals surface area contributed by atoms with Crippen LogP contribution in [-0.2, 0) is 4.79 Å². The minimum Gasteiger partial charge on any atom is -0.486 e. The van der Waals surface area contributed by atoms with Crippen molar-refractivity contribution < 1.29 is 14.3 Å². The number of nitrogens with one attached hydrogen (secondary N) is 2. The first-order valence-corrected chi connectivity index (χ1v) is 9.30. The van der Waals surface area contributed by atoms with Gasteiger partial charge in [0.1, 0.15) is 13.2 Å². The molecule has 0 saturated carbocycles. The van der Waals surface area contributed by atoms with E-state index in [0.29, 0.717) is 30.4 Å². The van der Waals surface area contributed by atoms with E-state index < -0.39 is 0 Å². The number of imidazole rings is 1. The molecular formula is C19H19N3O3S. The number of thioether (sulfide) groups is 1. The maximum Gasteiger partial charge on any atom is 0.237 e. The van der Waals surface area contributed by atoms with Crippen molar-refractivity contribution in [1.29, 1.82) is 0 Å². The summed E-state index contributed by atoms with van der Waals surface area (Å²) in [7, 11) is 0. The summed E-state index contributed by atoms with van der Waals surface area (Å²) in [5.74, 6) is 1.26. The molecule has 2 N–H and O–H groups in total. The summed E-state index contributed by atoms with van der Waals surface area (Å²) >= 11 is 1.40. The Labute approximate surface area is 155 Å². The van der Waals surface area contributed by atoms with Gasteiger partial charge in [0.25, 0.3) is 0 Å². The van der Waals surface area contributed by atoms with E-state index in [1.54, 1.807) is 6.07 Å². The Bertz CT molecular complexity index is 970. The van der Waals surface area contributed by atoms with Gasteiger partial charge in [-0.1, -0.05) is 17.8 Å². The van der Waals surface area contributed by atoms with Crippen LogP contribution in [-0.4, -0.2) is 34.3 Å². The molecule has 1 aromatic heterocycles. The number of aryl methyl sites for hydroxylation is 1. The molecule has 1 aliphatic heterocycles. The maximum absolute atomic E-state index is 12.5. The van der Waals surface area contributed by atoms with E-state index in [9.17, 15) is 4.79 Å². The summed E-state index contributed by atoms with van der Waals surface area (Å²) in [6.07, 6.45) is 0. The average molecular weight is 369 g/mol. The zero-order valence-electron chi connectivity index (χ0n) is 14.5. The van der Waals surface area contributed by atoms with Crippen LogP contribution in [0.25, 0.3) is 11.0 Å². The second kappa shape index (κ2) is 6.92. The normalized spacial score (nSPS) is 14.2. The van der Waals surface area contributed by atoms with E-state index in [4.69, 9.17) is 9.47 Å². The number of amides is 1. The first kappa shape index (κ1) is 16.8. The number of hydrogen-bond donors (Lipinski definition) is 2. The van der Waals surface area contributed by atoms with Crippen molar-refractivity contribution in [3.05, 3.63) is 42.0 Å². The van der Waals surface area contributed by atoms with Crippen LogP contribution in [0.3, 0.4) is 0 Å². The van der Waals surface area contributed by atoms with Gasteiger partial charge >= 0.3 is 0 Å². The second-order valence-electron chi connectivity index (χ2n) is 6.17. The predicted molar refractivity (Wildman–Crippen MR) is 102 cm³/mol. The molecule has 26 heavy (non-hydrogen) atoms. The Morgan fingerprint density at radius 1 is 1.19 bits per heavy atom. The van der Waals surface area contributed by atoms with Gasteiger partial charge in [0.2, 0.25) is 5.91 Å². The fourth-order valence-corrected chi connectivity index (χ4v) is 3.56. The molecule has 7 heteroatoms. The molecule has 1 atom stereocenters.